The zero-order valence-electron chi connectivity index (χ0n) is 15.2. The fourth-order valence-electron chi connectivity index (χ4n) is 3.48. The van der Waals surface area contributed by atoms with Gasteiger partial charge in [-0.1, -0.05) is 25.0 Å². The predicted octanol–water partition coefficient (Wildman–Crippen LogP) is 3.56. The summed E-state index contributed by atoms with van der Waals surface area (Å²) >= 11 is 0. The van der Waals surface area contributed by atoms with E-state index < -0.39 is 9.84 Å². The van der Waals surface area contributed by atoms with Crippen molar-refractivity contribution in [1.29, 1.82) is 0 Å². The van der Waals surface area contributed by atoms with E-state index >= 15 is 0 Å². The number of ether oxygens (including phenoxy) is 1. The monoisotopic (exact) mass is 377 g/mol. The molecule has 5 nitrogen and oxygen atoms in total. The molecule has 26 heavy (non-hydrogen) atoms. The van der Waals surface area contributed by atoms with Crippen molar-refractivity contribution in [2.45, 2.75) is 57.0 Å². The topological polar surface area (TPSA) is 72.5 Å². The van der Waals surface area contributed by atoms with Crippen LogP contribution >= 0.6 is 0 Å². The molecule has 1 aromatic rings. The van der Waals surface area contributed by atoms with Crippen LogP contribution in [0.3, 0.4) is 0 Å². The van der Waals surface area contributed by atoms with E-state index in [-0.39, 0.29) is 18.6 Å². The fraction of sp³-hybridized carbons (Fsp3) is 0.550. The molecule has 2 aliphatic rings. The number of benzene rings is 1. The van der Waals surface area contributed by atoms with Crippen LogP contribution in [0.15, 0.2) is 29.7 Å². The molecule has 1 amide bonds. The van der Waals surface area contributed by atoms with Gasteiger partial charge in [0, 0.05) is 18.2 Å². The highest BCUT2D eigenvalue weighted by molar-refractivity contribution is 7.93. The molecule has 6 heteroatoms. The van der Waals surface area contributed by atoms with Gasteiger partial charge in [-0.25, -0.2) is 8.42 Å². The lowest BCUT2D eigenvalue weighted by Crippen LogP contribution is -2.28. The maximum Gasteiger partial charge on any atom is 0.255 e. The van der Waals surface area contributed by atoms with Crippen molar-refractivity contribution in [3.05, 3.63) is 40.8 Å². The van der Waals surface area contributed by atoms with Gasteiger partial charge in [0.2, 0.25) is 0 Å². The molecule has 0 unspecified atom stereocenters. The van der Waals surface area contributed by atoms with Gasteiger partial charge in [0.15, 0.2) is 9.84 Å². The number of carbonyl (C=O) groups is 1. The van der Waals surface area contributed by atoms with E-state index in [1.54, 1.807) is 0 Å². The standard InChI is InChI=1S/C20H27NO4S/c1-26(23,24)13-5-12-21-20(22)18-11-10-16(15-6-2-3-7-15)14-19(18)25-17-8-4-9-17/h5,10-11,13-15,17H,2-4,6-9,12H2,1H3,(H,21,22). The van der Waals surface area contributed by atoms with Crippen molar-refractivity contribution in [1.82, 2.24) is 5.32 Å². The summed E-state index contributed by atoms with van der Waals surface area (Å²) < 4.78 is 28.3. The van der Waals surface area contributed by atoms with Crippen LogP contribution in [-0.4, -0.2) is 33.2 Å². The molecule has 2 saturated carbocycles. The Morgan fingerprint density at radius 3 is 2.54 bits per heavy atom. The van der Waals surface area contributed by atoms with Crippen molar-refractivity contribution < 1.29 is 17.9 Å². The molecule has 0 aromatic heterocycles. The zero-order chi connectivity index (χ0) is 18.6. The van der Waals surface area contributed by atoms with Crippen LogP contribution in [-0.2, 0) is 9.84 Å². The van der Waals surface area contributed by atoms with Crippen LogP contribution < -0.4 is 10.1 Å². The summed E-state index contributed by atoms with van der Waals surface area (Å²) in [5.74, 6) is 0.979. The lowest BCUT2D eigenvalue weighted by molar-refractivity contribution is 0.0932. The molecule has 0 heterocycles. The van der Waals surface area contributed by atoms with Gasteiger partial charge in [-0.15, -0.1) is 0 Å². The molecule has 0 aliphatic heterocycles. The largest absolute Gasteiger partial charge is 0.490 e. The number of hydrogen-bond donors (Lipinski definition) is 1. The number of carbonyl (C=O) groups excluding carboxylic acids is 1. The Bertz CT molecular complexity index is 775. The SMILES string of the molecule is CS(=O)(=O)C=CCNC(=O)c1ccc(C2CCCC2)cc1OC1CCC1. The molecule has 0 atom stereocenters. The van der Waals surface area contributed by atoms with Crippen molar-refractivity contribution in [3.8, 4) is 5.75 Å². The lowest BCUT2D eigenvalue weighted by Gasteiger charge is -2.28. The highest BCUT2D eigenvalue weighted by atomic mass is 32.2. The van der Waals surface area contributed by atoms with Gasteiger partial charge in [0.25, 0.3) is 5.91 Å². The maximum absolute atomic E-state index is 12.5. The lowest BCUT2D eigenvalue weighted by atomic mass is 9.94. The molecule has 1 N–H and O–H groups in total. The number of nitrogens with one attached hydrogen (secondary N) is 1. The van der Waals surface area contributed by atoms with Crippen molar-refractivity contribution in [2.75, 3.05) is 12.8 Å². The highest BCUT2D eigenvalue weighted by Gasteiger charge is 2.24. The molecular formula is C20H27NO4S. The second-order valence-corrected chi connectivity index (χ2v) is 9.25. The summed E-state index contributed by atoms with van der Waals surface area (Å²) in [4.78, 5) is 12.5. The summed E-state index contributed by atoms with van der Waals surface area (Å²) in [7, 11) is -3.18. The van der Waals surface area contributed by atoms with Gasteiger partial charge in [0.05, 0.1) is 11.7 Å². The average molecular weight is 378 g/mol. The molecule has 0 saturated heterocycles. The van der Waals surface area contributed by atoms with Crippen molar-refractivity contribution in [2.24, 2.45) is 0 Å². The minimum atomic E-state index is -3.18. The molecule has 2 aliphatic carbocycles. The summed E-state index contributed by atoms with van der Waals surface area (Å²) in [6.45, 7) is 0.166. The second-order valence-electron chi connectivity index (χ2n) is 7.32. The molecule has 0 spiro atoms. The molecular weight excluding hydrogens is 350 g/mol. The van der Waals surface area contributed by atoms with Gasteiger partial charge in [-0.3, -0.25) is 4.79 Å². The van der Waals surface area contributed by atoms with Crippen LogP contribution in [0.1, 0.15) is 66.8 Å². The van der Waals surface area contributed by atoms with Gasteiger partial charge in [0.1, 0.15) is 5.75 Å². The first-order valence-electron chi connectivity index (χ1n) is 9.38. The highest BCUT2D eigenvalue weighted by Crippen LogP contribution is 2.37. The van der Waals surface area contributed by atoms with E-state index in [0.29, 0.717) is 17.2 Å². The Kier molecular flexibility index (Phi) is 6.01. The second kappa shape index (κ2) is 8.25. The Morgan fingerprint density at radius 1 is 1.19 bits per heavy atom. The first kappa shape index (κ1) is 19.0. The van der Waals surface area contributed by atoms with E-state index in [1.165, 1.54) is 43.7 Å². The molecule has 2 fully saturated rings. The van der Waals surface area contributed by atoms with Gasteiger partial charge in [-0.2, -0.15) is 0 Å². The van der Waals surface area contributed by atoms with Crippen LogP contribution in [0.2, 0.25) is 0 Å². The van der Waals surface area contributed by atoms with Gasteiger partial charge in [-0.05, 0) is 55.7 Å². The average Bonchev–Trinajstić information content (AvgIpc) is 3.08. The maximum atomic E-state index is 12.5. The fourth-order valence-corrected chi connectivity index (χ4v) is 3.92. The molecule has 3 rings (SSSR count). The predicted molar refractivity (Wildman–Crippen MR) is 102 cm³/mol. The first-order chi connectivity index (χ1) is 12.4. The smallest absolute Gasteiger partial charge is 0.255 e. The third kappa shape index (κ3) is 5.10. The van der Waals surface area contributed by atoms with Gasteiger partial charge < -0.3 is 10.1 Å². The van der Waals surface area contributed by atoms with Crippen LogP contribution in [0, 0.1) is 0 Å². The minimum Gasteiger partial charge on any atom is -0.490 e. The van der Waals surface area contributed by atoms with E-state index in [4.69, 9.17) is 4.74 Å². The summed E-state index contributed by atoms with van der Waals surface area (Å²) in [6.07, 6.45) is 10.9. The zero-order valence-corrected chi connectivity index (χ0v) is 16.1. The van der Waals surface area contributed by atoms with E-state index in [2.05, 4.69) is 5.32 Å². The number of rotatable bonds is 7. The Labute approximate surface area is 155 Å². The normalized spacial score (nSPS) is 18.8. The van der Waals surface area contributed by atoms with Crippen molar-refractivity contribution >= 4 is 15.7 Å². The van der Waals surface area contributed by atoms with Crippen LogP contribution in [0.25, 0.3) is 0 Å². The third-order valence-electron chi connectivity index (χ3n) is 5.15. The summed E-state index contributed by atoms with van der Waals surface area (Å²) in [6, 6.07) is 5.91. The Balaban J connectivity index is 1.73. The summed E-state index contributed by atoms with van der Waals surface area (Å²) in [5.41, 5.74) is 1.77. The van der Waals surface area contributed by atoms with E-state index in [1.807, 2.05) is 18.2 Å². The van der Waals surface area contributed by atoms with Gasteiger partial charge >= 0.3 is 0 Å². The third-order valence-corrected chi connectivity index (χ3v) is 5.83. The number of hydrogen-bond acceptors (Lipinski definition) is 4. The Morgan fingerprint density at radius 2 is 1.92 bits per heavy atom. The first-order valence-corrected chi connectivity index (χ1v) is 11.3. The molecule has 1 aromatic carbocycles. The minimum absolute atomic E-state index is 0.166. The number of amides is 1. The number of sulfone groups is 1. The van der Waals surface area contributed by atoms with Crippen LogP contribution in [0.4, 0.5) is 0 Å². The van der Waals surface area contributed by atoms with Crippen molar-refractivity contribution in [3.63, 3.8) is 0 Å². The van der Waals surface area contributed by atoms with E-state index in [0.717, 1.165) is 24.5 Å². The van der Waals surface area contributed by atoms with Crippen LogP contribution in [0.5, 0.6) is 5.75 Å². The van der Waals surface area contributed by atoms with E-state index in [9.17, 15) is 13.2 Å². The molecule has 142 valence electrons. The molecule has 0 bridgehead atoms. The summed E-state index contributed by atoms with van der Waals surface area (Å²) in [5, 5.41) is 3.84. The Hall–Kier alpha value is -1.82. The quantitative estimate of drug-likeness (QED) is 0.788. The molecule has 0 radical (unpaired) electrons.